The number of carbonyl (C=O) groups excluding carboxylic acids is 2. The second kappa shape index (κ2) is 8.37. The lowest BCUT2D eigenvalue weighted by Gasteiger charge is -2.20. The molecule has 0 fully saturated rings. The molecule has 2 heterocycles. The molecule has 0 saturated carbocycles. The highest BCUT2D eigenvalue weighted by Crippen LogP contribution is 2.23. The lowest BCUT2D eigenvalue weighted by Crippen LogP contribution is -2.31. The molecular weight excluding hydrogens is 340 g/mol. The fourth-order valence-electron chi connectivity index (χ4n) is 3.45. The van der Waals surface area contributed by atoms with E-state index in [9.17, 15) is 9.59 Å². The van der Waals surface area contributed by atoms with Crippen LogP contribution in [-0.2, 0) is 13.0 Å². The van der Waals surface area contributed by atoms with Gasteiger partial charge in [-0.05, 0) is 44.2 Å². The second-order valence-corrected chi connectivity index (χ2v) is 7.19. The van der Waals surface area contributed by atoms with Gasteiger partial charge >= 0.3 is 0 Å². The highest BCUT2D eigenvalue weighted by molar-refractivity contribution is 6.05. The molecule has 0 spiro atoms. The van der Waals surface area contributed by atoms with Crippen LogP contribution in [0.5, 0.6) is 0 Å². The summed E-state index contributed by atoms with van der Waals surface area (Å²) in [6, 6.07) is 7.66. The molecule has 1 aliphatic heterocycles. The number of nitrogens with one attached hydrogen (secondary N) is 1. The Morgan fingerprint density at radius 1 is 1.26 bits per heavy atom. The van der Waals surface area contributed by atoms with E-state index in [0.717, 1.165) is 55.6 Å². The van der Waals surface area contributed by atoms with Gasteiger partial charge in [0.25, 0.3) is 11.8 Å². The Bertz CT molecular complexity index is 841. The first kappa shape index (κ1) is 19.1. The van der Waals surface area contributed by atoms with Gasteiger partial charge in [0.15, 0.2) is 11.5 Å². The number of aryl methyl sites for hydroxylation is 1. The van der Waals surface area contributed by atoms with Crippen LogP contribution in [0.3, 0.4) is 0 Å². The first-order valence-corrected chi connectivity index (χ1v) is 9.74. The Kier molecular flexibility index (Phi) is 5.94. The SMILES string of the molecule is CCCCN(C)C(=O)c1nc(C(=O)Nc2ccccc2C)c2n1CCCC2. The van der Waals surface area contributed by atoms with Gasteiger partial charge in [0.05, 0.1) is 5.69 Å². The molecule has 3 rings (SSSR count). The lowest BCUT2D eigenvalue weighted by atomic mass is 10.1. The van der Waals surface area contributed by atoms with E-state index in [-0.39, 0.29) is 11.8 Å². The number of hydrogen-bond donors (Lipinski definition) is 1. The summed E-state index contributed by atoms with van der Waals surface area (Å²) in [4.78, 5) is 32.0. The van der Waals surface area contributed by atoms with Gasteiger partial charge in [0, 0.05) is 25.8 Å². The van der Waals surface area contributed by atoms with E-state index in [1.807, 2.05) is 35.8 Å². The number of imidazole rings is 1. The molecule has 144 valence electrons. The number of nitrogens with zero attached hydrogens (tertiary/aromatic N) is 3. The molecule has 0 atom stereocenters. The summed E-state index contributed by atoms with van der Waals surface area (Å²) >= 11 is 0. The van der Waals surface area contributed by atoms with Crippen LogP contribution < -0.4 is 5.32 Å². The molecule has 0 unspecified atom stereocenters. The monoisotopic (exact) mass is 368 g/mol. The number of unbranched alkanes of at least 4 members (excludes halogenated alkanes) is 1. The number of amides is 2. The molecule has 1 aliphatic rings. The van der Waals surface area contributed by atoms with Crippen LogP contribution in [0.2, 0.25) is 0 Å². The fourth-order valence-corrected chi connectivity index (χ4v) is 3.45. The molecule has 1 aromatic carbocycles. The highest BCUT2D eigenvalue weighted by atomic mass is 16.2. The van der Waals surface area contributed by atoms with Gasteiger partial charge in [-0.3, -0.25) is 9.59 Å². The Balaban J connectivity index is 1.90. The van der Waals surface area contributed by atoms with E-state index in [2.05, 4.69) is 17.2 Å². The molecule has 2 aromatic rings. The van der Waals surface area contributed by atoms with Crippen molar-refractivity contribution in [3.63, 3.8) is 0 Å². The number of rotatable bonds is 6. The quantitative estimate of drug-likeness (QED) is 0.846. The smallest absolute Gasteiger partial charge is 0.289 e. The molecule has 0 saturated heterocycles. The van der Waals surface area contributed by atoms with Gasteiger partial charge in [-0.2, -0.15) is 0 Å². The van der Waals surface area contributed by atoms with Crippen LogP contribution in [0.1, 0.15) is 65.0 Å². The maximum atomic E-state index is 12.9. The van der Waals surface area contributed by atoms with E-state index in [1.165, 1.54) is 0 Å². The van der Waals surface area contributed by atoms with E-state index < -0.39 is 0 Å². The molecule has 1 aromatic heterocycles. The summed E-state index contributed by atoms with van der Waals surface area (Å²) in [6.07, 6.45) is 4.77. The summed E-state index contributed by atoms with van der Waals surface area (Å²) < 4.78 is 1.95. The number of carbonyl (C=O) groups is 2. The topological polar surface area (TPSA) is 67.2 Å². The number of fused-ring (bicyclic) bond motifs is 1. The summed E-state index contributed by atoms with van der Waals surface area (Å²) in [5.41, 5.74) is 3.02. The van der Waals surface area contributed by atoms with Crippen molar-refractivity contribution in [3.05, 3.63) is 47.0 Å². The van der Waals surface area contributed by atoms with Crippen molar-refractivity contribution >= 4 is 17.5 Å². The summed E-state index contributed by atoms with van der Waals surface area (Å²) in [5.74, 6) is 0.0324. The average molecular weight is 368 g/mol. The molecule has 1 N–H and O–H groups in total. The van der Waals surface area contributed by atoms with Crippen LogP contribution >= 0.6 is 0 Å². The van der Waals surface area contributed by atoms with Crippen LogP contribution in [-0.4, -0.2) is 39.9 Å². The Morgan fingerprint density at radius 3 is 2.78 bits per heavy atom. The average Bonchev–Trinajstić information content (AvgIpc) is 3.07. The van der Waals surface area contributed by atoms with Crippen molar-refractivity contribution < 1.29 is 9.59 Å². The highest BCUT2D eigenvalue weighted by Gasteiger charge is 2.28. The van der Waals surface area contributed by atoms with Crippen molar-refractivity contribution in [2.75, 3.05) is 18.9 Å². The largest absolute Gasteiger partial charge is 0.339 e. The number of aromatic nitrogens is 2. The third-order valence-corrected chi connectivity index (χ3v) is 5.11. The van der Waals surface area contributed by atoms with Crippen molar-refractivity contribution in [1.82, 2.24) is 14.5 Å². The standard InChI is InChI=1S/C21H28N4O2/c1-4-5-13-24(3)21(27)19-23-18(17-12-8-9-14-25(17)19)20(26)22-16-11-7-6-10-15(16)2/h6-7,10-11H,4-5,8-9,12-14H2,1-3H3,(H,22,26). The van der Waals surface area contributed by atoms with Gasteiger partial charge in [-0.15, -0.1) is 0 Å². The summed E-state index contributed by atoms with van der Waals surface area (Å²) in [7, 11) is 1.80. The number of hydrogen-bond acceptors (Lipinski definition) is 3. The first-order valence-electron chi connectivity index (χ1n) is 9.74. The molecular formula is C21H28N4O2. The van der Waals surface area contributed by atoms with Gasteiger partial charge in [-0.25, -0.2) is 4.98 Å². The molecule has 0 radical (unpaired) electrons. The van der Waals surface area contributed by atoms with Crippen LogP contribution in [0, 0.1) is 6.92 Å². The third-order valence-electron chi connectivity index (χ3n) is 5.11. The second-order valence-electron chi connectivity index (χ2n) is 7.19. The Hall–Kier alpha value is -2.63. The zero-order valence-corrected chi connectivity index (χ0v) is 16.4. The predicted molar refractivity (Wildman–Crippen MR) is 106 cm³/mol. The van der Waals surface area contributed by atoms with Crippen molar-refractivity contribution in [2.45, 2.75) is 52.5 Å². The lowest BCUT2D eigenvalue weighted by molar-refractivity contribution is 0.0775. The Morgan fingerprint density at radius 2 is 2.04 bits per heavy atom. The first-order chi connectivity index (χ1) is 13.0. The van der Waals surface area contributed by atoms with Gasteiger partial charge in [-0.1, -0.05) is 31.5 Å². The summed E-state index contributed by atoms with van der Waals surface area (Å²) in [6.45, 7) is 5.49. The molecule has 6 heteroatoms. The van der Waals surface area contributed by atoms with Gasteiger partial charge in [0.1, 0.15) is 0 Å². The van der Waals surface area contributed by atoms with Crippen LogP contribution in [0.15, 0.2) is 24.3 Å². The fraction of sp³-hybridized carbons (Fsp3) is 0.476. The number of para-hydroxylation sites is 1. The minimum Gasteiger partial charge on any atom is -0.339 e. The zero-order valence-electron chi connectivity index (χ0n) is 16.4. The molecule has 6 nitrogen and oxygen atoms in total. The van der Waals surface area contributed by atoms with E-state index >= 15 is 0 Å². The molecule has 27 heavy (non-hydrogen) atoms. The third kappa shape index (κ3) is 4.04. The van der Waals surface area contributed by atoms with Crippen molar-refractivity contribution in [1.29, 1.82) is 0 Å². The van der Waals surface area contributed by atoms with E-state index in [0.29, 0.717) is 18.1 Å². The summed E-state index contributed by atoms with van der Waals surface area (Å²) in [5, 5.41) is 2.95. The van der Waals surface area contributed by atoms with Crippen molar-refractivity contribution in [2.24, 2.45) is 0 Å². The zero-order chi connectivity index (χ0) is 19.4. The molecule has 2 amide bonds. The maximum Gasteiger partial charge on any atom is 0.289 e. The minimum atomic E-state index is -0.245. The maximum absolute atomic E-state index is 12.9. The van der Waals surface area contributed by atoms with E-state index in [4.69, 9.17) is 0 Å². The van der Waals surface area contributed by atoms with Crippen LogP contribution in [0.4, 0.5) is 5.69 Å². The molecule has 0 aliphatic carbocycles. The van der Waals surface area contributed by atoms with Crippen LogP contribution in [0.25, 0.3) is 0 Å². The van der Waals surface area contributed by atoms with Crippen molar-refractivity contribution in [3.8, 4) is 0 Å². The van der Waals surface area contributed by atoms with Gasteiger partial charge in [0.2, 0.25) is 0 Å². The normalized spacial score (nSPS) is 13.1. The Labute approximate surface area is 160 Å². The number of anilines is 1. The minimum absolute atomic E-state index is 0.110. The van der Waals surface area contributed by atoms with Gasteiger partial charge < -0.3 is 14.8 Å². The molecule has 0 bridgehead atoms. The predicted octanol–water partition coefficient (Wildman–Crippen LogP) is 3.65. The van der Waals surface area contributed by atoms with E-state index in [1.54, 1.807) is 11.9 Å². The number of benzene rings is 1.